The maximum Gasteiger partial charge on any atom is 0.240 e. The molecule has 1 N–H and O–H groups in total. The molecule has 1 aromatic rings. The fourth-order valence-electron chi connectivity index (χ4n) is 4.21. The van der Waals surface area contributed by atoms with E-state index in [1.54, 1.807) is 0 Å². The minimum Gasteiger partial charge on any atom is -0.378 e. The second kappa shape index (κ2) is 8.06. The van der Waals surface area contributed by atoms with E-state index >= 15 is 0 Å². The zero-order valence-corrected chi connectivity index (χ0v) is 15.8. The molecule has 0 unspecified atom stereocenters. The molecule has 2 fully saturated rings. The zero-order chi connectivity index (χ0) is 17.9. The van der Waals surface area contributed by atoms with Gasteiger partial charge < -0.3 is 15.0 Å². The Morgan fingerprint density at radius 1 is 1.27 bits per heavy atom. The van der Waals surface area contributed by atoms with Crippen molar-refractivity contribution in [2.75, 3.05) is 32.8 Å². The summed E-state index contributed by atoms with van der Waals surface area (Å²) in [6.07, 6.45) is 4.59. The number of carbonyl (C=O) groups is 1. The molecule has 7 nitrogen and oxygen atoms in total. The lowest BCUT2D eigenvalue weighted by atomic mass is 10.1. The van der Waals surface area contributed by atoms with Crippen LogP contribution < -0.4 is 5.32 Å². The van der Waals surface area contributed by atoms with E-state index in [0.717, 1.165) is 77.3 Å². The Bertz CT molecular complexity index is 619. The molecule has 144 valence electrons. The van der Waals surface area contributed by atoms with Gasteiger partial charge in [0.25, 0.3) is 0 Å². The van der Waals surface area contributed by atoms with Crippen LogP contribution in [0.5, 0.6) is 0 Å². The van der Waals surface area contributed by atoms with Crippen LogP contribution in [0.2, 0.25) is 0 Å². The maximum atomic E-state index is 12.6. The van der Waals surface area contributed by atoms with Crippen LogP contribution in [0.1, 0.15) is 44.0 Å². The van der Waals surface area contributed by atoms with E-state index in [0.29, 0.717) is 12.6 Å². The van der Waals surface area contributed by atoms with Gasteiger partial charge in [-0.3, -0.25) is 14.4 Å². The first kappa shape index (κ1) is 17.9. The van der Waals surface area contributed by atoms with Crippen molar-refractivity contribution < 1.29 is 9.53 Å². The number of hydrogen-bond acceptors (Lipinski definition) is 5. The van der Waals surface area contributed by atoms with E-state index in [1.807, 2.05) is 4.90 Å². The van der Waals surface area contributed by atoms with Crippen LogP contribution in [0, 0.1) is 0 Å². The highest BCUT2D eigenvalue weighted by atomic mass is 16.5. The smallest absolute Gasteiger partial charge is 0.240 e. The largest absolute Gasteiger partial charge is 0.378 e. The standard InChI is InChI=1S/C19H31N5O2/c1-2-26-17-5-10-22(11-6-17)13-15-12-16-14-23(8-3-9-24(16)21-15)19(25)18-4-7-20-18/h12,17-18,20H,2-11,13-14H2,1H3/t18-/m0/s1. The van der Waals surface area contributed by atoms with Crippen molar-refractivity contribution in [2.24, 2.45) is 0 Å². The van der Waals surface area contributed by atoms with Crippen LogP contribution >= 0.6 is 0 Å². The highest BCUT2D eigenvalue weighted by Crippen LogP contribution is 2.19. The first-order chi connectivity index (χ1) is 12.7. The van der Waals surface area contributed by atoms with Gasteiger partial charge in [-0.1, -0.05) is 0 Å². The fourth-order valence-corrected chi connectivity index (χ4v) is 4.21. The van der Waals surface area contributed by atoms with E-state index in [-0.39, 0.29) is 11.9 Å². The summed E-state index contributed by atoms with van der Waals surface area (Å²) in [6.45, 7) is 9.32. The van der Waals surface area contributed by atoms with Crippen LogP contribution in [0.3, 0.4) is 0 Å². The maximum absolute atomic E-state index is 12.6. The molecule has 3 aliphatic rings. The minimum atomic E-state index is 0.0376. The second-order valence-electron chi connectivity index (χ2n) is 7.69. The van der Waals surface area contributed by atoms with E-state index in [9.17, 15) is 4.79 Å². The average Bonchev–Trinajstić information content (AvgIpc) is 2.84. The van der Waals surface area contributed by atoms with Crippen LogP contribution in [0.4, 0.5) is 0 Å². The predicted octanol–water partition coefficient (Wildman–Crippen LogP) is 0.978. The van der Waals surface area contributed by atoms with Crippen LogP contribution in [0.15, 0.2) is 6.07 Å². The molecule has 7 heteroatoms. The Labute approximate surface area is 155 Å². The molecule has 2 saturated heterocycles. The lowest BCUT2D eigenvalue weighted by Crippen LogP contribution is -2.54. The Morgan fingerprint density at radius 3 is 2.77 bits per heavy atom. The number of aryl methyl sites for hydroxylation is 1. The molecular formula is C19H31N5O2. The Morgan fingerprint density at radius 2 is 2.08 bits per heavy atom. The van der Waals surface area contributed by atoms with Crippen LogP contribution in [0.25, 0.3) is 0 Å². The number of ether oxygens (including phenoxy) is 1. The van der Waals surface area contributed by atoms with Crippen molar-refractivity contribution >= 4 is 5.91 Å². The van der Waals surface area contributed by atoms with Gasteiger partial charge in [0, 0.05) is 39.3 Å². The van der Waals surface area contributed by atoms with E-state index in [2.05, 4.69) is 27.9 Å². The summed E-state index contributed by atoms with van der Waals surface area (Å²) in [7, 11) is 0. The first-order valence-electron chi connectivity index (χ1n) is 10.1. The summed E-state index contributed by atoms with van der Waals surface area (Å²) in [6, 6.07) is 2.24. The Balaban J connectivity index is 1.35. The predicted molar refractivity (Wildman–Crippen MR) is 98.6 cm³/mol. The van der Waals surface area contributed by atoms with Gasteiger partial charge in [-0.2, -0.15) is 5.10 Å². The highest BCUT2D eigenvalue weighted by Gasteiger charge is 2.30. The molecule has 0 saturated carbocycles. The number of amides is 1. The van der Waals surface area contributed by atoms with Crippen LogP contribution in [-0.4, -0.2) is 70.4 Å². The SMILES string of the molecule is CCOC1CCN(Cc2cc3n(n2)CCCN(C(=O)[C@@H]2CCN2)C3)CC1. The van der Waals surface area contributed by atoms with Crippen molar-refractivity contribution in [3.63, 3.8) is 0 Å². The quantitative estimate of drug-likeness (QED) is 0.847. The molecule has 0 aliphatic carbocycles. The number of aromatic nitrogens is 2. The number of piperidine rings is 1. The molecule has 1 atom stereocenters. The van der Waals surface area contributed by atoms with Crippen molar-refractivity contribution in [3.05, 3.63) is 17.5 Å². The molecule has 3 aliphatic heterocycles. The van der Waals surface area contributed by atoms with Gasteiger partial charge in [0.2, 0.25) is 5.91 Å². The summed E-state index contributed by atoms with van der Waals surface area (Å²) in [5.41, 5.74) is 2.31. The van der Waals surface area contributed by atoms with Gasteiger partial charge >= 0.3 is 0 Å². The molecule has 0 spiro atoms. The van der Waals surface area contributed by atoms with Crippen molar-refractivity contribution in [3.8, 4) is 0 Å². The van der Waals surface area contributed by atoms with Gasteiger partial charge in [-0.05, 0) is 45.2 Å². The number of likely N-dealkylation sites (tertiary alicyclic amines) is 1. The molecule has 0 aromatic carbocycles. The fraction of sp³-hybridized carbons (Fsp3) is 0.789. The monoisotopic (exact) mass is 361 g/mol. The summed E-state index contributed by atoms with van der Waals surface area (Å²) in [4.78, 5) is 17.0. The Hall–Kier alpha value is -1.44. The van der Waals surface area contributed by atoms with Crippen molar-refractivity contribution in [1.82, 2.24) is 24.9 Å². The van der Waals surface area contributed by atoms with Gasteiger partial charge in [0.05, 0.1) is 30.1 Å². The van der Waals surface area contributed by atoms with E-state index < -0.39 is 0 Å². The molecule has 0 radical (unpaired) electrons. The molecule has 0 bridgehead atoms. The third-order valence-electron chi connectivity index (χ3n) is 5.82. The second-order valence-corrected chi connectivity index (χ2v) is 7.69. The van der Waals surface area contributed by atoms with Gasteiger partial charge in [-0.25, -0.2) is 0 Å². The number of carbonyl (C=O) groups excluding carboxylic acids is 1. The molecule has 1 aromatic heterocycles. The number of hydrogen-bond donors (Lipinski definition) is 1. The lowest BCUT2D eigenvalue weighted by Gasteiger charge is -2.32. The van der Waals surface area contributed by atoms with E-state index in [1.165, 1.54) is 5.69 Å². The van der Waals surface area contributed by atoms with Crippen molar-refractivity contribution in [2.45, 2.75) is 64.4 Å². The van der Waals surface area contributed by atoms with Gasteiger partial charge in [-0.15, -0.1) is 0 Å². The number of fused-ring (bicyclic) bond motifs is 1. The molecule has 26 heavy (non-hydrogen) atoms. The van der Waals surface area contributed by atoms with Gasteiger partial charge in [0.1, 0.15) is 0 Å². The van der Waals surface area contributed by atoms with E-state index in [4.69, 9.17) is 9.84 Å². The minimum absolute atomic E-state index is 0.0376. The summed E-state index contributed by atoms with van der Waals surface area (Å²) in [5.74, 6) is 0.255. The highest BCUT2D eigenvalue weighted by molar-refractivity contribution is 5.82. The third-order valence-corrected chi connectivity index (χ3v) is 5.82. The lowest BCUT2D eigenvalue weighted by molar-refractivity contribution is -0.135. The number of rotatable bonds is 5. The number of nitrogens with one attached hydrogen (secondary N) is 1. The summed E-state index contributed by atoms with van der Waals surface area (Å²) < 4.78 is 7.85. The van der Waals surface area contributed by atoms with Crippen LogP contribution in [-0.2, 0) is 29.2 Å². The Kier molecular flexibility index (Phi) is 5.57. The third kappa shape index (κ3) is 3.94. The molecule has 4 heterocycles. The number of nitrogens with zero attached hydrogens (tertiary/aromatic N) is 4. The average molecular weight is 361 g/mol. The summed E-state index contributed by atoms with van der Waals surface area (Å²) >= 11 is 0. The molecular weight excluding hydrogens is 330 g/mol. The zero-order valence-electron chi connectivity index (χ0n) is 15.8. The molecule has 1 amide bonds. The van der Waals surface area contributed by atoms with Gasteiger partial charge in [0.15, 0.2) is 0 Å². The normalized spacial score (nSPS) is 24.8. The topological polar surface area (TPSA) is 62.6 Å². The first-order valence-corrected chi connectivity index (χ1v) is 10.1. The molecule has 4 rings (SSSR count). The van der Waals surface area contributed by atoms with Crippen molar-refractivity contribution in [1.29, 1.82) is 0 Å². The summed E-state index contributed by atoms with van der Waals surface area (Å²) in [5, 5.41) is 8.05.